The second-order valence-electron chi connectivity index (χ2n) is 3.07. The Kier molecular flexibility index (Phi) is 2.21. The molecular weight excluding hydrogens is 164 g/mol. The average molecular weight is 176 g/mol. The minimum Gasteiger partial charge on any atom is -0.490 e. The molecule has 1 aliphatic carbocycles. The number of hydrogen-bond donors (Lipinski definition) is 0. The molecule has 1 fully saturated rings. The fourth-order valence-electron chi connectivity index (χ4n) is 1.07. The molecule has 0 unspecified atom stereocenters. The highest BCUT2D eigenvalue weighted by molar-refractivity contribution is 5.31. The lowest BCUT2D eigenvalue weighted by atomic mass is 10.3. The van der Waals surface area contributed by atoms with Gasteiger partial charge in [0.05, 0.1) is 12.4 Å². The number of ether oxygens (including phenoxy) is 2. The van der Waals surface area contributed by atoms with Crippen molar-refractivity contribution in [3.05, 3.63) is 37.1 Å². The Morgan fingerprint density at radius 2 is 1.77 bits per heavy atom. The summed E-state index contributed by atoms with van der Waals surface area (Å²) in [5.41, 5.74) is 0. The van der Waals surface area contributed by atoms with Crippen molar-refractivity contribution in [3.63, 3.8) is 0 Å². The van der Waals surface area contributed by atoms with E-state index in [1.54, 1.807) is 0 Å². The van der Waals surface area contributed by atoms with Crippen LogP contribution in [0.25, 0.3) is 0 Å². The standard InChI is InChI=1S/C11H12O2/c1-2-12-9-3-5-10(6-4-9)13-11-7-8-11/h2-6,11H,1,7-8H2. The summed E-state index contributed by atoms with van der Waals surface area (Å²) in [6.07, 6.45) is 4.23. The van der Waals surface area contributed by atoms with Gasteiger partial charge in [-0.15, -0.1) is 0 Å². The van der Waals surface area contributed by atoms with Crippen molar-refractivity contribution in [2.75, 3.05) is 0 Å². The SMILES string of the molecule is C=COc1ccc(OC2CC2)cc1. The Balaban J connectivity index is 1.99. The van der Waals surface area contributed by atoms with Crippen LogP contribution >= 0.6 is 0 Å². The lowest BCUT2D eigenvalue weighted by Gasteiger charge is -2.04. The molecule has 1 aromatic carbocycles. The highest BCUT2D eigenvalue weighted by Crippen LogP contribution is 2.27. The van der Waals surface area contributed by atoms with E-state index in [0.717, 1.165) is 11.5 Å². The van der Waals surface area contributed by atoms with Crippen LogP contribution in [0.5, 0.6) is 11.5 Å². The van der Waals surface area contributed by atoms with Gasteiger partial charge in [-0.05, 0) is 37.1 Å². The lowest BCUT2D eigenvalue weighted by Crippen LogP contribution is -1.95. The van der Waals surface area contributed by atoms with Crippen molar-refractivity contribution in [2.45, 2.75) is 18.9 Å². The molecule has 0 radical (unpaired) electrons. The van der Waals surface area contributed by atoms with Gasteiger partial charge in [0, 0.05) is 0 Å². The largest absolute Gasteiger partial charge is 0.490 e. The Labute approximate surface area is 77.8 Å². The molecule has 1 aliphatic rings. The summed E-state index contributed by atoms with van der Waals surface area (Å²) in [6.45, 7) is 3.48. The summed E-state index contributed by atoms with van der Waals surface area (Å²) in [4.78, 5) is 0. The van der Waals surface area contributed by atoms with Crippen molar-refractivity contribution < 1.29 is 9.47 Å². The third-order valence-corrected chi connectivity index (χ3v) is 1.87. The minimum atomic E-state index is 0.450. The molecule has 0 N–H and O–H groups in total. The molecule has 0 bridgehead atoms. The van der Waals surface area contributed by atoms with Gasteiger partial charge in [-0.1, -0.05) is 6.58 Å². The highest BCUT2D eigenvalue weighted by Gasteiger charge is 2.23. The molecule has 2 rings (SSSR count). The first-order valence-corrected chi connectivity index (χ1v) is 4.43. The third-order valence-electron chi connectivity index (χ3n) is 1.87. The predicted molar refractivity (Wildman–Crippen MR) is 50.9 cm³/mol. The zero-order valence-corrected chi connectivity index (χ0v) is 7.40. The first-order chi connectivity index (χ1) is 6.38. The molecule has 1 aromatic rings. The monoisotopic (exact) mass is 176 g/mol. The highest BCUT2D eigenvalue weighted by atomic mass is 16.5. The second kappa shape index (κ2) is 3.52. The Hall–Kier alpha value is -1.44. The van der Waals surface area contributed by atoms with Gasteiger partial charge in [-0.3, -0.25) is 0 Å². The summed E-state index contributed by atoms with van der Waals surface area (Å²) in [5, 5.41) is 0. The van der Waals surface area contributed by atoms with E-state index >= 15 is 0 Å². The molecule has 68 valence electrons. The number of rotatable bonds is 4. The molecule has 13 heavy (non-hydrogen) atoms. The first kappa shape index (κ1) is 8.17. The fourth-order valence-corrected chi connectivity index (χ4v) is 1.07. The van der Waals surface area contributed by atoms with Gasteiger partial charge in [0.25, 0.3) is 0 Å². The van der Waals surface area contributed by atoms with E-state index in [1.165, 1.54) is 19.1 Å². The quantitative estimate of drug-likeness (QED) is 0.657. The molecule has 0 heterocycles. The molecule has 2 nitrogen and oxygen atoms in total. The van der Waals surface area contributed by atoms with E-state index in [0.29, 0.717) is 6.10 Å². The summed E-state index contributed by atoms with van der Waals surface area (Å²) in [6, 6.07) is 7.58. The van der Waals surface area contributed by atoms with Gasteiger partial charge in [0.1, 0.15) is 11.5 Å². The molecule has 2 heteroatoms. The summed E-state index contributed by atoms with van der Waals surface area (Å²) < 4.78 is 10.7. The first-order valence-electron chi connectivity index (χ1n) is 4.43. The summed E-state index contributed by atoms with van der Waals surface area (Å²) in [5.74, 6) is 1.71. The molecule has 1 saturated carbocycles. The number of hydrogen-bond acceptors (Lipinski definition) is 2. The van der Waals surface area contributed by atoms with Crippen LogP contribution in [0.1, 0.15) is 12.8 Å². The van der Waals surface area contributed by atoms with Crippen LogP contribution < -0.4 is 9.47 Å². The van der Waals surface area contributed by atoms with Crippen molar-refractivity contribution in [2.24, 2.45) is 0 Å². The molecule has 0 aliphatic heterocycles. The topological polar surface area (TPSA) is 18.5 Å². The van der Waals surface area contributed by atoms with Crippen LogP contribution in [0.4, 0.5) is 0 Å². The van der Waals surface area contributed by atoms with Crippen molar-refractivity contribution >= 4 is 0 Å². The molecule has 0 spiro atoms. The van der Waals surface area contributed by atoms with Gasteiger partial charge >= 0.3 is 0 Å². The van der Waals surface area contributed by atoms with Crippen LogP contribution in [-0.4, -0.2) is 6.10 Å². The average Bonchev–Trinajstić information content (AvgIpc) is 2.93. The molecule has 0 aromatic heterocycles. The summed E-state index contributed by atoms with van der Waals surface area (Å²) in [7, 11) is 0. The van der Waals surface area contributed by atoms with Crippen molar-refractivity contribution in [3.8, 4) is 11.5 Å². The van der Waals surface area contributed by atoms with Crippen molar-refractivity contribution in [1.82, 2.24) is 0 Å². The van der Waals surface area contributed by atoms with Gasteiger partial charge in [0.15, 0.2) is 0 Å². The van der Waals surface area contributed by atoms with E-state index < -0.39 is 0 Å². The van der Waals surface area contributed by atoms with Gasteiger partial charge < -0.3 is 9.47 Å². The normalized spacial score (nSPS) is 15.1. The van der Waals surface area contributed by atoms with Crippen LogP contribution in [-0.2, 0) is 0 Å². The lowest BCUT2D eigenvalue weighted by molar-refractivity contribution is 0.303. The minimum absolute atomic E-state index is 0.450. The molecule has 0 saturated heterocycles. The van der Waals surface area contributed by atoms with Crippen molar-refractivity contribution in [1.29, 1.82) is 0 Å². The van der Waals surface area contributed by atoms with E-state index in [2.05, 4.69) is 6.58 Å². The third kappa shape index (κ3) is 2.25. The van der Waals surface area contributed by atoms with Gasteiger partial charge in [0.2, 0.25) is 0 Å². The van der Waals surface area contributed by atoms with Crippen LogP contribution in [0.2, 0.25) is 0 Å². The van der Waals surface area contributed by atoms with E-state index in [1.807, 2.05) is 24.3 Å². The Bertz CT molecular complexity index is 285. The maximum absolute atomic E-state index is 5.58. The van der Waals surface area contributed by atoms with Gasteiger partial charge in [-0.2, -0.15) is 0 Å². The molecule has 0 amide bonds. The number of benzene rings is 1. The second-order valence-corrected chi connectivity index (χ2v) is 3.07. The van der Waals surface area contributed by atoms with Crippen LogP contribution in [0.15, 0.2) is 37.1 Å². The van der Waals surface area contributed by atoms with E-state index in [9.17, 15) is 0 Å². The Morgan fingerprint density at radius 3 is 2.31 bits per heavy atom. The zero-order chi connectivity index (χ0) is 9.10. The predicted octanol–water partition coefficient (Wildman–Crippen LogP) is 2.75. The maximum Gasteiger partial charge on any atom is 0.126 e. The van der Waals surface area contributed by atoms with Gasteiger partial charge in [-0.25, -0.2) is 0 Å². The smallest absolute Gasteiger partial charge is 0.126 e. The van der Waals surface area contributed by atoms with E-state index in [4.69, 9.17) is 9.47 Å². The summed E-state index contributed by atoms with van der Waals surface area (Å²) >= 11 is 0. The molecule has 0 atom stereocenters. The maximum atomic E-state index is 5.58. The fraction of sp³-hybridized carbons (Fsp3) is 0.273. The van der Waals surface area contributed by atoms with Crippen LogP contribution in [0, 0.1) is 0 Å². The molecular formula is C11H12O2. The van der Waals surface area contributed by atoms with E-state index in [-0.39, 0.29) is 0 Å². The van der Waals surface area contributed by atoms with Crippen LogP contribution in [0.3, 0.4) is 0 Å². The zero-order valence-electron chi connectivity index (χ0n) is 7.40. The Morgan fingerprint density at radius 1 is 1.15 bits per heavy atom.